The van der Waals surface area contributed by atoms with E-state index in [2.05, 4.69) is 16.7 Å². The number of sulfonamides is 1. The summed E-state index contributed by atoms with van der Waals surface area (Å²) in [4.78, 5) is 10.6. The molecule has 0 amide bonds. The van der Waals surface area contributed by atoms with Gasteiger partial charge in [0.25, 0.3) is 0 Å². The molecule has 7 nitrogen and oxygen atoms in total. The molecule has 1 fully saturated rings. The van der Waals surface area contributed by atoms with Gasteiger partial charge in [-0.2, -0.15) is 5.10 Å². The monoisotopic (exact) mass is 315 g/mol. The maximum atomic E-state index is 12.2. The summed E-state index contributed by atoms with van der Waals surface area (Å²) in [6.07, 6.45) is 5.89. The van der Waals surface area contributed by atoms with Gasteiger partial charge >= 0.3 is 5.97 Å². The summed E-state index contributed by atoms with van der Waals surface area (Å²) in [5.41, 5.74) is 0. The Labute approximate surface area is 124 Å². The van der Waals surface area contributed by atoms with E-state index in [1.807, 2.05) is 0 Å². The van der Waals surface area contributed by atoms with Gasteiger partial charge in [0.05, 0.1) is 19.2 Å². The van der Waals surface area contributed by atoms with E-state index in [-0.39, 0.29) is 17.9 Å². The molecule has 21 heavy (non-hydrogen) atoms. The molecule has 0 spiro atoms. The lowest BCUT2D eigenvalue weighted by molar-refractivity contribution is -0.137. The second-order valence-electron chi connectivity index (χ2n) is 5.60. The van der Waals surface area contributed by atoms with Crippen LogP contribution in [0.4, 0.5) is 0 Å². The number of carbonyl (C=O) groups is 1. The van der Waals surface area contributed by atoms with Crippen molar-refractivity contribution < 1.29 is 18.3 Å². The van der Waals surface area contributed by atoms with Crippen molar-refractivity contribution in [2.75, 3.05) is 6.54 Å². The van der Waals surface area contributed by atoms with Crippen molar-refractivity contribution >= 4 is 16.0 Å². The molecule has 2 atom stereocenters. The number of rotatable bonds is 7. The van der Waals surface area contributed by atoms with E-state index in [0.29, 0.717) is 18.4 Å². The minimum Gasteiger partial charge on any atom is -0.481 e. The van der Waals surface area contributed by atoms with Crippen molar-refractivity contribution in [2.45, 2.75) is 44.0 Å². The molecule has 1 aliphatic rings. The third kappa shape index (κ3) is 4.28. The van der Waals surface area contributed by atoms with Crippen LogP contribution in [0.15, 0.2) is 17.3 Å². The van der Waals surface area contributed by atoms with Gasteiger partial charge in [-0.05, 0) is 18.3 Å². The molecule has 2 rings (SSSR count). The van der Waals surface area contributed by atoms with Crippen molar-refractivity contribution in [3.8, 4) is 0 Å². The van der Waals surface area contributed by atoms with E-state index in [0.717, 1.165) is 19.3 Å². The highest BCUT2D eigenvalue weighted by Crippen LogP contribution is 2.30. The second kappa shape index (κ2) is 6.57. The summed E-state index contributed by atoms with van der Waals surface area (Å²) in [6, 6.07) is 0. The molecule has 2 N–H and O–H groups in total. The lowest BCUT2D eigenvalue weighted by Gasteiger charge is -2.15. The van der Waals surface area contributed by atoms with Crippen molar-refractivity contribution in [1.82, 2.24) is 14.5 Å². The molecular weight excluding hydrogens is 294 g/mol. The molecule has 1 aromatic rings. The fourth-order valence-corrected chi connectivity index (χ4v) is 3.69. The maximum Gasteiger partial charge on any atom is 0.305 e. The molecule has 1 heterocycles. The lowest BCUT2D eigenvalue weighted by Crippen LogP contribution is -2.30. The normalized spacial score (nSPS) is 22.5. The third-order valence-electron chi connectivity index (χ3n) is 4.05. The molecule has 0 saturated heterocycles. The number of carboxylic acids is 1. The van der Waals surface area contributed by atoms with Crippen molar-refractivity contribution in [2.24, 2.45) is 11.8 Å². The Balaban J connectivity index is 1.94. The predicted octanol–water partition coefficient (Wildman–Crippen LogP) is 1.07. The maximum absolute atomic E-state index is 12.2. The molecule has 2 unspecified atom stereocenters. The van der Waals surface area contributed by atoms with Gasteiger partial charge in [-0.1, -0.05) is 19.8 Å². The quantitative estimate of drug-likeness (QED) is 0.784. The van der Waals surface area contributed by atoms with E-state index in [9.17, 15) is 13.2 Å². The Morgan fingerprint density at radius 1 is 1.52 bits per heavy atom. The van der Waals surface area contributed by atoms with Crippen molar-refractivity contribution in [3.63, 3.8) is 0 Å². The van der Waals surface area contributed by atoms with E-state index >= 15 is 0 Å². The summed E-state index contributed by atoms with van der Waals surface area (Å²) < 4.78 is 28.3. The molecule has 0 aromatic carbocycles. The van der Waals surface area contributed by atoms with Gasteiger partial charge in [0, 0.05) is 12.7 Å². The molecule has 8 heteroatoms. The van der Waals surface area contributed by atoms with Gasteiger partial charge in [-0.3, -0.25) is 9.48 Å². The molecule has 1 saturated carbocycles. The summed E-state index contributed by atoms with van der Waals surface area (Å²) >= 11 is 0. The highest BCUT2D eigenvalue weighted by atomic mass is 32.2. The van der Waals surface area contributed by atoms with E-state index in [4.69, 9.17) is 5.11 Å². The number of hydrogen-bond donors (Lipinski definition) is 2. The summed E-state index contributed by atoms with van der Waals surface area (Å²) in [7, 11) is -3.57. The number of carboxylic acid groups (broad SMARTS) is 1. The largest absolute Gasteiger partial charge is 0.481 e. The zero-order valence-electron chi connectivity index (χ0n) is 12.0. The summed E-state index contributed by atoms with van der Waals surface area (Å²) in [6.45, 7) is 2.75. The van der Waals surface area contributed by atoms with Crippen molar-refractivity contribution in [3.05, 3.63) is 12.4 Å². The van der Waals surface area contributed by atoms with Gasteiger partial charge in [0.1, 0.15) is 4.90 Å². The van der Waals surface area contributed by atoms with E-state index in [1.165, 1.54) is 17.1 Å². The SMILES string of the molecule is CC1CCCC1CNS(=O)(=O)c1cnn(CCC(=O)O)c1. The van der Waals surface area contributed by atoms with E-state index in [1.54, 1.807) is 0 Å². The van der Waals surface area contributed by atoms with Gasteiger partial charge in [0.15, 0.2) is 0 Å². The minimum absolute atomic E-state index is 0.0820. The first kappa shape index (κ1) is 16.0. The minimum atomic E-state index is -3.57. The van der Waals surface area contributed by atoms with Gasteiger partial charge < -0.3 is 5.11 Å². The highest BCUT2D eigenvalue weighted by molar-refractivity contribution is 7.89. The molecule has 1 aliphatic carbocycles. The van der Waals surface area contributed by atoms with Gasteiger partial charge in [0.2, 0.25) is 10.0 Å². The van der Waals surface area contributed by atoms with Crippen LogP contribution in [0.1, 0.15) is 32.6 Å². The Morgan fingerprint density at radius 3 is 2.90 bits per heavy atom. The number of nitrogens with one attached hydrogen (secondary N) is 1. The Hall–Kier alpha value is -1.41. The molecule has 0 radical (unpaired) electrons. The van der Waals surface area contributed by atoms with E-state index < -0.39 is 16.0 Å². The lowest BCUT2D eigenvalue weighted by atomic mass is 9.99. The average molecular weight is 315 g/mol. The zero-order chi connectivity index (χ0) is 15.5. The first-order valence-corrected chi connectivity index (χ1v) is 8.60. The molecular formula is C13H21N3O4S. The van der Waals surface area contributed by atoms with Crippen LogP contribution in [-0.2, 0) is 21.4 Å². The number of aliphatic carboxylic acids is 1. The van der Waals surface area contributed by atoms with Gasteiger partial charge in [-0.25, -0.2) is 13.1 Å². The average Bonchev–Trinajstić information content (AvgIpc) is 3.03. The van der Waals surface area contributed by atoms with Crippen LogP contribution in [0, 0.1) is 11.8 Å². The smallest absolute Gasteiger partial charge is 0.305 e. The number of hydrogen-bond acceptors (Lipinski definition) is 4. The van der Waals surface area contributed by atoms with Crippen molar-refractivity contribution in [1.29, 1.82) is 0 Å². The van der Waals surface area contributed by atoms with Crippen LogP contribution >= 0.6 is 0 Å². The first-order chi connectivity index (χ1) is 9.88. The topological polar surface area (TPSA) is 101 Å². The third-order valence-corrected chi connectivity index (χ3v) is 5.43. The zero-order valence-corrected chi connectivity index (χ0v) is 12.8. The number of aryl methyl sites for hydroxylation is 1. The highest BCUT2D eigenvalue weighted by Gasteiger charge is 2.25. The Bertz CT molecular complexity index is 596. The summed E-state index contributed by atoms with van der Waals surface area (Å²) in [5, 5.41) is 12.5. The van der Waals surface area contributed by atoms with Crippen LogP contribution in [0.2, 0.25) is 0 Å². The number of aromatic nitrogens is 2. The van der Waals surface area contributed by atoms with Crippen LogP contribution < -0.4 is 4.72 Å². The molecule has 0 aliphatic heterocycles. The summed E-state index contributed by atoms with van der Waals surface area (Å²) in [5.74, 6) is -0.00364. The van der Waals surface area contributed by atoms with Crippen LogP contribution in [-0.4, -0.2) is 35.8 Å². The molecule has 0 bridgehead atoms. The second-order valence-corrected chi connectivity index (χ2v) is 7.37. The van der Waals surface area contributed by atoms with Crippen LogP contribution in [0.25, 0.3) is 0 Å². The Kier molecular flexibility index (Phi) is 5.00. The standard InChI is InChI=1S/C13H21N3O4S/c1-10-3-2-4-11(10)7-15-21(19,20)12-8-14-16(9-12)6-5-13(17)18/h8-11,15H,2-7H2,1H3,(H,17,18). The molecule has 118 valence electrons. The molecule has 1 aromatic heterocycles. The van der Waals surface area contributed by atoms with Crippen LogP contribution in [0.5, 0.6) is 0 Å². The Morgan fingerprint density at radius 2 is 2.29 bits per heavy atom. The fraction of sp³-hybridized carbons (Fsp3) is 0.692. The van der Waals surface area contributed by atoms with Gasteiger partial charge in [-0.15, -0.1) is 0 Å². The number of nitrogens with zero attached hydrogens (tertiary/aromatic N) is 2. The van der Waals surface area contributed by atoms with Crippen LogP contribution in [0.3, 0.4) is 0 Å². The fourth-order valence-electron chi connectivity index (χ4n) is 2.64. The predicted molar refractivity (Wildman–Crippen MR) is 76.2 cm³/mol. The first-order valence-electron chi connectivity index (χ1n) is 7.12.